The van der Waals surface area contributed by atoms with Gasteiger partial charge >= 0.3 is 36.0 Å². The summed E-state index contributed by atoms with van der Waals surface area (Å²) in [7, 11) is 0. The number of ketones is 2. The van der Waals surface area contributed by atoms with E-state index in [9.17, 15) is 81.1 Å². The van der Waals surface area contributed by atoms with Crippen LogP contribution in [-0.2, 0) is 48.4 Å². The first-order valence-electron chi connectivity index (χ1n) is 22.3. The van der Waals surface area contributed by atoms with Gasteiger partial charge in [-0.1, -0.05) is 57.2 Å². The Hall–Kier alpha value is -7.38. The third-order valence-electron chi connectivity index (χ3n) is 12.1. The quantitative estimate of drug-likeness (QED) is 0.0807. The third-order valence-corrected chi connectivity index (χ3v) is 12.1. The Balaban J connectivity index is 0.000000276. The van der Waals surface area contributed by atoms with Gasteiger partial charge in [0.1, 0.15) is 6.07 Å². The van der Waals surface area contributed by atoms with Gasteiger partial charge in [-0.3, -0.25) is 14.4 Å². The molecule has 1 N–H and O–H groups in total. The molecule has 0 spiro atoms. The molecule has 0 aliphatic carbocycles. The average molecular weight is 1050 g/mol. The zero-order chi connectivity index (χ0) is 55.4. The third kappa shape index (κ3) is 11.7. The molecule has 6 rings (SSSR count). The van der Waals surface area contributed by atoms with Crippen LogP contribution in [0.2, 0.25) is 0 Å². The topological polar surface area (TPSA) is 123 Å². The van der Waals surface area contributed by atoms with Crippen molar-refractivity contribution in [2.24, 2.45) is 0 Å². The molecule has 6 aromatic rings. The first-order chi connectivity index (χ1) is 34.4. The van der Waals surface area contributed by atoms with E-state index in [4.69, 9.17) is 0 Å². The van der Waals surface area contributed by atoms with Crippen molar-refractivity contribution in [2.75, 3.05) is 0 Å². The van der Waals surface area contributed by atoms with Crippen LogP contribution in [0.1, 0.15) is 104 Å². The van der Waals surface area contributed by atoms with Gasteiger partial charge in [0.15, 0.2) is 11.6 Å². The van der Waals surface area contributed by atoms with Gasteiger partial charge in [-0.15, -0.1) is 0 Å². The van der Waals surface area contributed by atoms with Gasteiger partial charge in [0.05, 0.1) is 16.9 Å². The van der Waals surface area contributed by atoms with Gasteiger partial charge in [-0.2, -0.15) is 68.1 Å². The molecule has 0 aliphatic heterocycles. The van der Waals surface area contributed by atoms with Crippen LogP contribution < -0.4 is 5.32 Å². The minimum absolute atomic E-state index is 0.0000675. The molecule has 0 saturated heterocycles. The fraction of sp³-hybridized carbons (Fsp3) is 0.333. The molecule has 0 aliphatic rings. The molecule has 2 heterocycles. The van der Waals surface area contributed by atoms with Gasteiger partial charge in [0, 0.05) is 72.8 Å². The second-order valence-electron chi connectivity index (χ2n) is 16.8. The largest absolute Gasteiger partial charge is 0.435 e. The molecule has 0 fully saturated rings. The number of carbonyl (C=O) groups is 3. The molecular formula is C51H44F14N6O3. The highest BCUT2D eigenvalue weighted by atomic mass is 19.4. The molecule has 394 valence electrons. The molecule has 0 atom stereocenters. The molecule has 4 aromatic carbocycles. The number of hydrogen-bond acceptors (Lipinski definition) is 6. The van der Waals surface area contributed by atoms with E-state index in [-0.39, 0.29) is 94.6 Å². The summed E-state index contributed by atoms with van der Waals surface area (Å²) in [6.07, 6.45) is -19.2. The average Bonchev–Trinajstić information content (AvgIpc) is 4.08. The zero-order valence-corrected chi connectivity index (χ0v) is 39.7. The van der Waals surface area contributed by atoms with Crippen LogP contribution >= 0.6 is 0 Å². The molecule has 0 bridgehead atoms. The molecule has 74 heavy (non-hydrogen) atoms. The monoisotopic (exact) mass is 1050 g/mol. The number of hydrogen-bond donors (Lipinski definition) is 1. The maximum absolute atomic E-state index is 14.7. The van der Waals surface area contributed by atoms with Crippen molar-refractivity contribution >= 4 is 17.5 Å². The number of nitrogens with one attached hydrogen (secondary N) is 1. The predicted octanol–water partition coefficient (Wildman–Crippen LogP) is 12.8. The highest BCUT2D eigenvalue weighted by Crippen LogP contribution is 2.55. The smallest absolute Gasteiger partial charge is 0.352 e. The van der Waals surface area contributed by atoms with Gasteiger partial charge in [0.25, 0.3) is 0 Å². The van der Waals surface area contributed by atoms with Crippen molar-refractivity contribution in [1.29, 1.82) is 5.26 Å². The Morgan fingerprint density at radius 1 is 0.568 bits per heavy atom. The summed E-state index contributed by atoms with van der Waals surface area (Å²) in [6, 6.07) is 16.2. The van der Waals surface area contributed by atoms with Gasteiger partial charge < -0.3 is 5.32 Å². The summed E-state index contributed by atoms with van der Waals surface area (Å²) in [6.45, 7) is 7.30. The number of rotatable bonds is 15. The van der Waals surface area contributed by atoms with E-state index < -0.39 is 58.7 Å². The van der Waals surface area contributed by atoms with Gasteiger partial charge in [-0.05, 0) is 102 Å². The summed E-state index contributed by atoms with van der Waals surface area (Å²) in [5, 5.41) is 20.3. The number of alkyl halides is 14. The number of nitrogens with zero attached hydrogens (tertiary/aromatic N) is 5. The van der Waals surface area contributed by atoms with E-state index in [2.05, 4.69) is 15.5 Å². The lowest BCUT2D eigenvalue weighted by Gasteiger charge is -2.31. The van der Waals surface area contributed by atoms with Crippen molar-refractivity contribution < 1.29 is 75.8 Å². The number of amides is 1. The molecular weight excluding hydrogens is 1010 g/mol. The highest BCUT2D eigenvalue weighted by molar-refractivity contribution is 5.99. The second-order valence-corrected chi connectivity index (χ2v) is 16.8. The maximum atomic E-state index is 14.7. The SMILES string of the molecule is CCC(=O)NCc1ccc(C(=O)Cc2c(C)cc(C(F)(C(F)(F)F)C(F)(F)F)cc2CC)cc1-n1cccn1.CCc1cc(C(F)(C(F)(F)F)C(F)(F)F)cc(C)c1CC(=O)c1ccc(C#N)c(-n2cccn2)c1. The normalized spacial score (nSPS) is 12.5. The van der Waals surface area contributed by atoms with Crippen molar-refractivity contribution in [3.05, 3.63) is 164 Å². The first-order valence-corrected chi connectivity index (χ1v) is 22.3. The Bertz CT molecular complexity index is 3010. The molecule has 0 radical (unpaired) electrons. The van der Waals surface area contributed by atoms with Crippen LogP contribution in [0.15, 0.2) is 97.6 Å². The van der Waals surface area contributed by atoms with Gasteiger partial charge in [-0.25, -0.2) is 18.1 Å². The second kappa shape index (κ2) is 22.0. The Morgan fingerprint density at radius 2 is 0.973 bits per heavy atom. The van der Waals surface area contributed by atoms with E-state index in [1.807, 2.05) is 6.07 Å². The van der Waals surface area contributed by atoms with E-state index in [0.717, 1.165) is 0 Å². The summed E-state index contributed by atoms with van der Waals surface area (Å²) in [5.41, 5.74) is -11.9. The van der Waals surface area contributed by atoms with E-state index >= 15 is 0 Å². The molecule has 9 nitrogen and oxygen atoms in total. The number of aryl methyl sites for hydroxylation is 4. The van der Waals surface area contributed by atoms with Crippen LogP contribution in [0.25, 0.3) is 11.4 Å². The number of aromatic nitrogens is 4. The van der Waals surface area contributed by atoms with E-state index in [1.54, 1.807) is 37.5 Å². The van der Waals surface area contributed by atoms with E-state index in [0.29, 0.717) is 41.2 Å². The number of benzene rings is 4. The van der Waals surface area contributed by atoms with Crippen LogP contribution in [-0.4, -0.2) is 61.7 Å². The Labute approximate surface area is 413 Å². The van der Waals surface area contributed by atoms with E-state index in [1.165, 1.54) is 79.8 Å². The number of halogens is 14. The number of nitriles is 1. The molecule has 0 unspecified atom stereocenters. The van der Waals surface area contributed by atoms with Crippen molar-refractivity contribution in [1.82, 2.24) is 24.9 Å². The fourth-order valence-corrected chi connectivity index (χ4v) is 8.05. The minimum Gasteiger partial charge on any atom is -0.352 e. The Morgan fingerprint density at radius 3 is 1.34 bits per heavy atom. The summed E-state index contributed by atoms with van der Waals surface area (Å²) in [4.78, 5) is 38.0. The lowest BCUT2D eigenvalue weighted by atomic mass is 9.86. The predicted molar refractivity (Wildman–Crippen MR) is 241 cm³/mol. The number of carbonyl (C=O) groups excluding carboxylic acids is 3. The van der Waals surface area contributed by atoms with Crippen molar-refractivity contribution in [3.63, 3.8) is 0 Å². The molecule has 23 heteroatoms. The van der Waals surface area contributed by atoms with Crippen molar-refractivity contribution in [3.8, 4) is 17.4 Å². The minimum atomic E-state index is -6.23. The molecule has 1 amide bonds. The summed E-state index contributed by atoms with van der Waals surface area (Å²) >= 11 is 0. The van der Waals surface area contributed by atoms with Crippen LogP contribution in [0.3, 0.4) is 0 Å². The van der Waals surface area contributed by atoms with Crippen molar-refractivity contribution in [2.45, 2.75) is 109 Å². The van der Waals surface area contributed by atoms with Crippen LogP contribution in [0, 0.1) is 25.2 Å². The Kier molecular flexibility index (Phi) is 17.1. The fourth-order valence-electron chi connectivity index (χ4n) is 8.05. The maximum Gasteiger partial charge on any atom is 0.435 e. The van der Waals surface area contributed by atoms with Crippen LogP contribution in [0.5, 0.6) is 0 Å². The highest BCUT2D eigenvalue weighted by Gasteiger charge is 2.74. The zero-order valence-electron chi connectivity index (χ0n) is 39.7. The standard InChI is InChI=1S/C27H26F7N3O2.C24H18F7N3O/c1-4-17-12-20(25(28,26(29,30)31)27(32,33)34)11-16(3)21(17)14-23(38)18-7-8-19(15-35-24(39)5-2)22(13-18)37-10-6-9-36-37;1-3-15-10-18(22(25,23(26,27)28)24(29,30)31)9-14(2)19(15)12-21(35)16-5-6-17(13-32)20(11-16)34-8-4-7-33-34/h6-13H,4-5,14-15H2,1-3H3,(H,35,39);4-11H,3,12H2,1-2H3. The first kappa shape index (κ1) is 57.5. The molecule has 0 saturated carbocycles. The lowest BCUT2D eigenvalue weighted by molar-refractivity contribution is -0.349. The summed E-state index contributed by atoms with van der Waals surface area (Å²) < 4.78 is 191. The summed E-state index contributed by atoms with van der Waals surface area (Å²) in [5.74, 6) is -1.14. The van der Waals surface area contributed by atoms with Gasteiger partial charge in [0.2, 0.25) is 5.91 Å². The van der Waals surface area contributed by atoms with Crippen LogP contribution in [0.4, 0.5) is 61.5 Å². The molecule has 2 aromatic heterocycles. The lowest BCUT2D eigenvalue weighted by Crippen LogP contribution is -2.50. The number of Topliss-reactive ketones (excluding diaryl/α,β-unsaturated/α-hetero) is 2.